The molecule has 1 N–H and O–H groups in total. The number of benzene rings is 2. The molecule has 0 amide bonds. The molecule has 0 saturated heterocycles. The molecule has 0 spiro atoms. The third-order valence-electron chi connectivity index (χ3n) is 2.09. The summed E-state index contributed by atoms with van der Waals surface area (Å²) in [4.78, 5) is -0.582. The summed E-state index contributed by atoms with van der Waals surface area (Å²) >= 11 is 0. The van der Waals surface area contributed by atoms with E-state index in [1.54, 1.807) is 24.3 Å². The van der Waals surface area contributed by atoms with Gasteiger partial charge >= 0.3 is 29.6 Å². The van der Waals surface area contributed by atoms with Crippen molar-refractivity contribution in [2.75, 3.05) is 0 Å². The van der Waals surface area contributed by atoms with E-state index in [0.29, 0.717) is 10.8 Å². The standard InChI is InChI=1S/C10H8O4S.Na/c11-9-5-7-3-1-2-4-8(7)6-10(9)15(12,13)14;/h1-6,11H,(H,12,13,14);/q;+1/p-1. The molecule has 0 atom stereocenters. The normalized spacial score (nSPS) is 11.1. The number of hydrogen-bond donors (Lipinski definition) is 1. The molecule has 0 bridgehead atoms. The van der Waals surface area contributed by atoms with E-state index in [4.69, 9.17) is 4.55 Å². The van der Waals surface area contributed by atoms with Gasteiger partial charge in [0.05, 0.1) is 4.90 Å². The molecule has 0 saturated carbocycles. The van der Waals surface area contributed by atoms with E-state index in [1.807, 2.05) is 0 Å². The summed E-state index contributed by atoms with van der Waals surface area (Å²) in [5.74, 6) is -0.698. The van der Waals surface area contributed by atoms with Crippen LogP contribution in [0.5, 0.6) is 5.75 Å². The number of fused-ring (bicyclic) bond motifs is 1. The molecule has 2 aromatic rings. The van der Waals surface area contributed by atoms with Crippen LogP contribution < -0.4 is 34.7 Å². The van der Waals surface area contributed by atoms with Gasteiger partial charge in [-0.1, -0.05) is 36.1 Å². The Kier molecular flexibility index (Phi) is 3.98. The van der Waals surface area contributed by atoms with E-state index >= 15 is 0 Å². The van der Waals surface area contributed by atoms with Crippen LogP contribution in [0.3, 0.4) is 0 Å². The van der Waals surface area contributed by atoms with Crippen molar-refractivity contribution in [2.24, 2.45) is 0 Å². The van der Waals surface area contributed by atoms with Crippen LogP contribution in [0.2, 0.25) is 0 Å². The Labute approximate surface area is 115 Å². The Morgan fingerprint density at radius 3 is 2.06 bits per heavy atom. The fourth-order valence-corrected chi connectivity index (χ4v) is 1.99. The van der Waals surface area contributed by atoms with Gasteiger partial charge in [-0.2, -0.15) is 8.42 Å². The molecule has 0 unspecified atom stereocenters. The Balaban J connectivity index is 0.00000128. The molecule has 0 radical (unpaired) electrons. The number of hydrogen-bond acceptors (Lipinski definition) is 3. The Bertz CT molecular complexity index is 622. The van der Waals surface area contributed by atoms with Crippen molar-refractivity contribution in [3.63, 3.8) is 0 Å². The predicted octanol–water partition coefficient (Wildman–Crippen LogP) is -1.84. The zero-order valence-electron chi connectivity index (χ0n) is 8.54. The predicted molar refractivity (Wildman–Crippen MR) is 53.2 cm³/mol. The van der Waals surface area contributed by atoms with Crippen LogP contribution in [0.25, 0.3) is 10.8 Å². The minimum Gasteiger partial charge on any atom is -0.872 e. The molecular weight excluding hydrogens is 239 g/mol. The molecule has 4 nitrogen and oxygen atoms in total. The fraction of sp³-hybridized carbons (Fsp3) is 0. The van der Waals surface area contributed by atoms with Crippen molar-refractivity contribution in [2.45, 2.75) is 4.90 Å². The van der Waals surface area contributed by atoms with E-state index < -0.39 is 20.8 Å². The molecular formula is C10H7NaO4S. The van der Waals surface area contributed by atoms with E-state index in [2.05, 4.69) is 0 Å². The summed E-state index contributed by atoms with van der Waals surface area (Å²) in [7, 11) is -4.44. The third kappa shape index (κ3) is 2.56. The van der Waals surface area contributed by atoms with E-state index in [0.717, 1.165) is 0 Å². The van der Waals surface area contributed by atoms with Gasteiger partial charge in [-0.3, -0.25) is 4.55 Å². The molecule has 0 aliphatic carbocycles. The van der Waals surface area contributed by atoms with Crippen molar-refractivity contribution < 1.29 is 47.6 Å². The van der Waals surface area contributed by atoms with E-state index in [-0.39, 0.29) is 29.6 Å². The molecule has 0 aliphatic heterocycles. The molecule has 0 fully saturated rings. The molecule has 0 aromatic heterocycles. The Hall–Kier alpha value is -0.590. The first kappa shape index (κ1) is 13.5. The van der Waals surface area contributed by atoms with Crippen LogP contribution in [0, 0.1) is 0 Å². The Morgan fingerprint density at radius 2 is 1.56 bits per heavy atom. The summed E-state index contributed by atoms with van der Waals surface area (Å²) in [5.41, 5.74) is 0. The van der Waals surface area contributed by atoms with Crippen molar-refractivity contribution in [3.05, 3.63) is 36.4 Å². The summed E-state index contributed by atoms with van der Waals surface area (Å²) in [5, 5.41) is 12.6. The fourth-order valence-electron chi connectivity index (χ4n) is 1.40. The largest absolute Gasteiger partial charge is 1.00 e. The molecule has 0 heterocycles. The topological polar surface area (TPSA) is 77.4 Å². The maximum atomic E-state index is 11.3. The molecule has 2 aromatic carbocycles. The molecule has 0 aliphatic rings. The van der Waals surface area contributed by atoms with Gasteiger partial charge in [-0.15, -0.1) is 0 Å². The maximum absolute atomic E-state index is 11.3. The van der Waals surface area contributed by atoms with Gasteiger partial charge in [0.15, 0.2) is 0 Å². The van der Waals surface area contributed by atoms with Gasteiger partial charge in [0.2, 0.25) is 0 Å². The van der Waals surface area contributed by atoms with Gasteiger partial charge in [-0.05, 0) is 16.8 Å². The monoisotopic (exact) mass is 246 g/mol. The van der Waals surface area contributed by atoms with Crippen molar-refractivity contribution in [1.82, 2.24) is 0 Å². The summed E-state index contributed by atoms with van der Waals surface area (Å²) in [6.07, 6.45) is 0. The van der Waals surface area contributed by atoms with E-state index in [9.17, 15) is 13.5 Å². The SMILES string of the molecule is O=S(=O)(O)c1cc2ccccc2cc1[O-].[Na+]. The van der Waals surface area contributed by atoms with Crippen LogP contribution in [-0.4, -0.2) is 13.0 Å². The minimum atomic E-state index is -4.44. The summed E-state index contributed by atoms with van der Waals surface area (Å²) < 4.78 is 30.5. The van der Waals surface area contributed by atoms with Crippen molar-refractivity contribution in [3.8, 4) is 5.75 Å². The van der Waals surface area contributed by atoms with Crippen molar-refractivity contribution >= 4 is 20.9 Å². The zero-order chi connectivity index (χ0) is 11.1. The van der Waals surface area contributed by atoms with Gasteiger partial charge in [-0.25, -0.2) is 0 Å². The van der Waals surface area contributed by atoms with Crippen LogP contribution in [0.15, 0.2) is 41.3 Å². The smallest absolute Gasteiger partial charge is 0.872 e. The maximum Gasteiger partial charge on any atom is 1.00 e. The van der Waals surface area contributed by atoms with Gasteiger partial charge in [0.25, 0.3) is 10.1 Å². The first-order chi connectivity index (χ1) is 6.98. The Morgan fingerprint density at radius 1 is 1.06 bits per heavy atom. The van der Waals surface area contributed by atoms with Crippen LogP contribution in [-0.2, 0) is 10.1 Å². The summed E-state index contributed by atoms with van der Waals surface area (Å²) in [6.45, 7) is 0. The second-order valence-electron chi connectivity index (χ2n) is 3.12. The molecule has 6 heteroatoms. The third-order valence-corrected chi connectivity index (χ3v) is 2.96. The summed E-state index contributed by atoms with van der Waals surface area (Å²) in [6, 6.07) is 9.20. The quantitative estimate of drug-likeness (QED) is 0.474. The van der Waals surface area contributed by atoms with Gasteiger partial charge < -0.3 is 5.11 Å². The van der Waals surface area contributed by atoms with Gasteiger partial charge in [0, 0.05) is 0 Å². The first-order valence-corrected chi connectivity index (χ1v) is 5.60. The second kappa shape index (κ2) is 4.73. The van der Waals surface area contributed by atoms with Crippen LogP contribution >= 0.6 is 0 Å². The van der Waals surface area contributed by atoms with Gasteiger partial charge in [0.1, 0.15) is 0 Å². The second-order valence-corrected chi connectivity index (χ2v) is 4.51. The number of rotatable bonds is 1. The van der Waals surface area contributed by atoms with Crippen LogP contribution in [0.1, 0.15) is 0 Å². The van der Waals surface area contributed by atoms with E-state index in [1.165, 1.54) is 12.1 Å². The van der Waals surface area contributed by atoms with Crippen LogP contribution in [0.4, 0.5) is 0 Å². The molecule has 78 valence electrons. The average molecular weight is 246 g/mol. The first-order valence-electron chi connectivity index (χ1n) is 4.16. The molecule has 2 rings (SSSR count). The minimum absolute atomic E-state index is 0. The van der Waals surface area contributed by atoms with Crippen molar-refractivity contribution in [1.29, 1.82) is 0 Å². The zero-order valence-corrected chi connectivity index (χ0v) is 11.4. The molecule has 16 heavy (non-hydrogen) atoms. The average Bonchev–Trinajstić information content (AvgIpc) is 2.15.